The number of hydrazine groups is 1. The predicted molar refractivity (Wildman–Crippen MR) is 74.4 cm³/mol. The molecule has 0 radical (unpaired) electrons. The Bertz CT molecular complexity index is 426. The van der Waals surface area contributed by atoms with Gasteiger partial charge in [-0.3, -0.25) is 0 Å². The maximum absolute atomic E-state index is 12.1. The van der Waals surface area contributed by atoms with Crippen LogP contribution >= 0.6 is 0 Å². The van der Waals surface area contributed by atoms with Crippen LogP contribution in [0.2, 0.25) is 0 Å². The van der Waals surface area contributed by atoms with Crippen LogP contribution < -0.4 is 0 Å². The molecule has 1 heterocycles. The van der Waals surface area contributed by atoms with Crippen LogP contribution in [0.4, 0.5) is 4.79 Å². The molecule has 4 nitrogen and oxygen atoms in total. The highest BCUT2D eigenvalue weighted by atomic mass is 16.6. The molecule has 1 fully saturated rings. The van der Waals surface area contributed by atoms with Crippen LogP contribution in [0.1, 0.15) is 32.8 Å². The zero-order valence-electron chi connectivity index (χ0n) is 11.9. The molecule has 19 heavy (non-hydrogen) atoms. The summed E-state index contributed by atoms with van der Waals surface area (Å²) in [5, 5.41) is 3.78. The van der Waals surface area contributed by atoms with Gasteiger partial charge in [0.25, 0.3) is 0 Å². The number of nitrogens with zero attached hydrogens (tertiary/aromatic N) is 2. The first-order chi connectivity index (χ1) is 8.96. The first-order valence-corrected chi connectivity index (χ1v) is 6.75. The lowest BCUT2D eigenvalue weighted by atomic mass is 10.2. The fourth-order valence-electron chi connectivity index (χ4n) is 2.15. The van der Waals surface area contributed by atoms with Crippen molar-refractivity contribution in [3.63, 3.8) is 0 Å². The van der Waals surface area contributed by atoms with E-state index in [4.69, 9.17) is 4.74 Å². The molecule has 2 rings (SSSR count). The largest absolute Gasteiger partial charge is 0.443 e. The summed E-state index contributed by atoms with van der Waals surface area (Å²) in [5.41, 5.74) is 0.760. The molecule has 0 N–H and O–H groups in total. The van der Waals surface area contributed by atoms with E-state index < -0.39 is 5.60 Å². The monoisotopic (exact) mass is 262 g/mol. The van der Waals surface area contributed by atoms with E-state index in [-0.39, 0.29) is 6.09 Å². The molecule has 1 amide bonds. The fourth-order valence-corrected chi connectivity index (χ4v) is 2.15. The molecule has 1 aliphatic heterocycles. The molecule has 0 bridgehead atoms. The van der Waals surface area contributed by atoms with Gasteiger partial charge in [0.1, 0.15) is 5.60 Å². The van der Waals surface area contributed by atoms with Crippen LogP contribution in [0, 0.1) is 0 Å². The summed E-state index contributed by atoms with van der Waals surface area (Å²) in [6.07, 6.45) is 0.743. The third kappa shape index (κ3) is 3.96. The molecule has 0 aliphatic carbocycles. The van der Waals surface area contributed by atoms with Crippen molar-refractivity contribution in [1.29, 1.82) is 0 Å². The van der Waals surface area contributed by atoms with Crippen molar-refractivity contribution in [2.75, 3.05) is 13.1 Å². The minimum atomic E-state index is -0.446. The molecule has 1 aliphatic rings. The summed E-state index contributed by atoms with van der Waals surface area (Å²) in [6, 6.07) is 10.2. The van der Waals surface area contributed by atoms with Gasteiger partial charge in [0, 0.05) is 19.6 Å². The average Bonchev–Trinajstić information content (AvgIpc) is 2.76. The number of amides is 1. The number of carbonyl (C=O) groups is 1. The number of hydrogen-bond donors (Lipinski definition) is 0. The predicted octanol–water partition coefficient (Wildman–Crippen LogP) is 3.04. The van der Waals surface area contributed by atoms with Gasteiger partial charge in [0.05, 0.1) is 0 Å². The molecular weight excluding hydrogens is 240 g/mol. The first-order valence-electron chi connectivity index (χ1n) is 6.75. The van der Waals surface area contributed by atoms with Gasteiger partial charge in [-0.25, -0.2) is 14.8 Å². The number of rotatable bonds is 2. The summed E-state index contributed by atoms with van der Waals surface area (Å²) in [6.45, 7) is 8.06. The molecular formula is C15H22N2O2. The van der Waals surface area contributed by atoms with Gasteiger partial charge < -0.3 is 4.74 Å². The second-order valence-corrected chi connectivity index (χ2v) is 5.83. The maximum atomic E-state index is 12.1. The Morgan fingerprint density at radius 3 is 2.53 bits per heavy atom. The molecule has 0 saturated carbocycles. The third-order valence-corrected chi connectivity index (χ3v) is 2.94. The number of hydrogen-bond acceptors (Lipinski definition) is 3. The lowest BCUT2D eigenvalue weighted by Crippen LogP contribution is -2.43. The summed E-state index contributed by atoms with van der Waals surface area (Å²) < 4.78 is 5.43. The minimum Gasteiger partial charge on any atom is -0.443 e. The second-order valence-electron chi connectivity index (χ2n) is 5.83. The molecule has 1 aromatic carbocycles. The van der Waals surface area contributed by atoms with Crippen molar-refractivity contribution in [3.8, 4) is 0 Å². The van der Waals surface area contributed by atoms with Gasteiger partial charge in [-0.1, -0.05) is 30.3 Å². The van der Waals surface area contributed by atoms with Gasteiger partial charge in [0.15, 0.2) is 0 Å². The Morgan fingerprint density at radius 1 is 1.21 bits per heavy atom. The Balaban J connectivity index is 1.99. The fraction of sp³-hybridized carbons (Fsp3) is 0.533. The van der Waals surface area contributed by atoms with Crippen molar-refractivity contribution in [3.05, 3.63) is 35.9 Å². The van der Waals surface area contributed by atoms with Gasteiger partial charge in [0.2, 0.25) is 0 Å². The van der Waals surface area contributed by atoms with Gasteiger partial charge in [-0.2, -0.15) is 0 Å². The molecule has 104 valence electrons. The second kappa shape index (κ2) is 5.61. The quantitative estimate of drug-likeness (QED) is 0.821. The maximum Gasteiger partial charge on any atom is 0.424 e. The summed E-state index contributed by atoms with van der Waals surface area (Å²) in [7, 11) is 0. The molecule has 1 saturated heterocycles. The molecule has 0 aromatic heterocycles. The summed E-state index contributed by atoms with van der Waals surface area (Å²) in [5.74, 6) is 0. The Morgan fingerprint density at radius 2 is 1.89 bits per heavy atom. The Hall–Kier alpha value is -1.55. The zero-order chi connectivity index (χ0) is 13.9. The average molecular weight is 262 g/mol. The molecule has 1 aromatic rings. The van der Waals surface area contributed by atoms with Crippen LogP contribution in [0.3, 0.4) is 0 Å². The summed E-state index contributed by atoms with van der Waals surface area (Å²) >= 11 is 0. The van der Waals surface area contributed by atoms with E-state index in [1.165, 1.54) is 5.56 Å². The molecule has 0 unspecified atom stereocenters. The van der Waals surface area contributed by atoms with Crippen LogP contribution in [0.5, 0.6) is 0 Å². The molecule has 0 spiro atoms. The van der Waals surface area contributed by atoms with Crippen molar-refractivity contribution in [2.24, 2.45) is 0 Å². The van der Waals surface area contributed by atoms with Crippen LogP contribution in [0.25, 0.3) is 0 Å². The van der Waals surface area contributed by atoms with E-state index in [1.807, 2.05) is 39.0 Å². The van der Waals surface area contributed by atoms with Gasteiger partial charge in [-0.15, -0.1) is 0 Å². The van der Waals surface area contributed by atoms with Crippen molar-refractivity contribution < 1.29 is 9.53 Å². The van der Waals surface area contributed by atoms with E-state index >= 15 is 0 Å². The molecule has 4 heteroatoms. The highest BCUT2D eigenvalue weighted by molar-refractivity contribution is 5.67. The lowest BCUT2D eigenvalue weighted by molar-refractivity contribution is -0.0294. The highest BCUT2D eigenvalue weighted by Gasteiger charge is 2.30. The van der Waals surface area contributed by atoms with Crippen molar-refractivity contribution in [1.82, 2.24) is 10.0 Å². The van der Waals surface area contributed by atoms with Crippen LogP contribution in [0.15, 0.2) is 30.3 Å². The summed E-state index contributed by atoms with van der Waals surface area (Å²) in [4.78, 5) is 12.1. The van der Waals surface area contributed by atoms with E-state index in [0.29, 0.717) is 0 Å². The zero-order valence-corrected chi connectivity index (χ0v) is 11.9. The van der Waals surface area contributed by atoms with E-state index in [0.717, 1.165) is 26.1 Å². The Labute approximate surface area is 114 Å². The number of carbonyl (C=O) groups excluding carboxylic acids is 1. The minimum absolute atomic E-state index is 0.249. The van der Waals surface area contributed by atoms with E-state index in [1.54, 1.807) is 5.01 Å². The SMILES string of the molecule is CC(C)(C)OC(=O)N1CCCN1Cc1ccccc1. The highest BCUT2D eigenvalue weighted by Crippen LogP contribution is 2.18. The lowest BCUT2D eigenvalue weighted by Gasteiger charge is -2.30. The molecule has 0 atom stereocenters. The van der Waals surface area contributed by atoms with E-state index in [9.17, 15) is 4.79 Å². The number of ether oxygens (including phenoxy) is 1. The number of benzene rings is 1. The van der Waals surface area contributed by atoms with Gasteiger partial charge >= 0.3 is 6.09 Å². The topological polar surface area (TPSA) is 32.8 Å². The van der Waals surface area contributed by atoms with Crippen LogP contribution in [-0.4, -0.2) is 34.8 Å². The third-order valence-electron chi connectivity index (χ3n) is 2.94. The van der Waals surface area contributed by atoms with Gasteiger partial charge in [-0.05, 0) is 32.8 Å². The smallest absolute Gasteiger partial charge is 0.424 e. The standard InChI is InChI=1S/C15H22N2O2/c1-15(2,3)19-14(18)17-11-7-10-16(17)12-13-8-5-4-6-9-13/h4-6,8-9H,7,10-12H2,1-3H3. The normalized spacial score (nSPS) is 16.7. The van der Waals surface area contributed by atoms with Crippen LogP contribution in [-0.2, 0) is 11.3 Å². The van der Waals surface area contributed by atoms with E-state index in [2.05, 4.69) is 17.1 Å². The first kappa shape index (κ1) is 13.9. The van der Waals surface area contributed by atoms with Crippen molar-refractivity contribution >= 4 is 6.09 Å². The Kier molecular flexibility index (Phi) is 4.10. The van der Waals surface area contributed by atoms with Crippen molar-refractivity contribution in [2.45, 2.75) is 39.3 Å².